The smallest absolute Gasteiger partial charge is 0.362 e. The SMILES string of the molecule is Nc1c[n+](C[n+]2cc(N)on2)no1. The molecule has 2 aromatic rings. The zero-order valence-electron chi connectivity index (χ0n) is 6.62. The van der Waals surface area contributed by atoms with Crippen molar-refractivity contribution in [2.45, 2.75) is 6.67 Å². The number of rotatable bonds is 2. The number of hydrogen-bond acceptors (Lipinski definition) is 6. The first-order chi connectivity index (χ1) is 6.24. The highest BCUT2D eigenvalue weighted by Crippen LogP contribution is 1.90. The van der Waals surface area contributed by atoms with Crippen molar-refractivity contribution in [3.63, 3.8) is 0 Å². The summed E-state index contributed by atoms with van der Waals surface area (Å²) in [6.07, 6.45) is 3.05. The van der Waals surface area contributed by atoms with Crippen LogP contribution >= 0.6 is 0 Å². The summed E-state index contributed by atoms with van der Waals surface area (Å²) in [5, 5.41) is 7.19. The fraction of sp³-hybridized carbons (Fsp3) is 0.200. The van der Waals surface area contributed by atoms with Gasteiger partial charge >= 0.3 is 6.67 Å². The minimum absolute atomic E-state index is 0.233. The minimum atomic E-state index is 0.233. The molecule has 2 heterocycles. The summed E-state index contributed by atoms with van der Waals surface area (Å²) in [5.41, 5.74) is 10.6. The number of hydrogen-bond donors (Lipinski definition) is 2. The van der Waals surface area contributed by atoms with Gasteiger partial charge in [0.2, 0.25) is 10.5 Å². The lowest BCUT2D eigenvalue weighted by atomic mass is 10.8. The Balaban J connectivity index is 2.14. The van der Waals surface area contributed by atoms with Crippen molar-refractivity contribution in [1.82, 2.24) is 10.5 Å². The van der Waals surface area contributed by atoms with E-state index >= 15 is 0 Å². The molecule has 8 heteroatoms. The van der Waals surface area contributed by atoms with E-state index in [0.717, 1.165) is 0 Å². The van der Waals surface area contributed by atoms with Crippen LogP contribution in [0, 0.1) is 0 Å². The lowest BCUT2D eigenvalue weighted by molar-refractivity contribution is -0.967. The first-order valence-corrected chi connectivity index (χ1v) is 3.48. The van der Waals surface area contributed by atoms with Gasteiger partial charge in [0.25, 0.3) is 24.2 Å². The molecule has 2 aromatic heterocycles. The molecule has 0 spiro atoms. The molecule has 0 atom stereocenters. The highest BCUT2D eigenvalue weighted by atomic mass is 16.5. The van der Waals surface area contributed by atoms with Gasteiger partial charge < -0.3 is 11.5 Å². The van der Waals surface area contributed by atoms with Crippen LogP contribution in [0.1, 0.15) is 0 Å². The fourth-order valence-electron chi connectivity index (χ4n) is 0.869. The molecule has 0 amide bonds. The van der Waals surface area contributed by atoms with Gasteiger partial charge in [-0.15, -0.1) is 0 Å². The second kappa shape index (κ2) is 2.73. The quantitative estimate of drug-likeness (QED) is 0.517. The number of anilines is 2. The van der Waals surface area contributed by atoms with Gasteiger partial charge in [-0.25, -0.2) is 0 Å². The third-order valence-electron chi connectivity index (χ3n) is 1.34. The van der Waals surface area contributed by atoms with E-state index in [-0.39, 0.29) is 11.8 Å². The molecule has 4 N–H and O–H groups in total. The number of nitrogens with two attached hydrogens (primary N) is 2. The van der Waals surface area contributed by atoms with Gasteiger partial charge in [-0.05, 0) is 0 Å². The second-order valence-electron chi connectivity index (χ2n) is 2.43. The first-order valence-electron chi connectivity index (χ1n) is 3.48. The topological polar surface area (TPSA) is 112 Å². The second-order valence-corrected chi connectivity index (χ2v) is 2.43. The molecule has 0 saturated heterocycles. The van der Waals surface area contributed by atoms with E-state index in [2.05, 4.69) is 19.6 Å². The highest BCUT2D eigenvalue weighted by molar-refractivity contribution is 5.11. The third-order valence-corrected chi connectivity index (χ3v) is 1.34. The molecule has 8 nitrogen and oxygen atoms in total. The maximum absolute atomic E-state index is 5.31. The Morgan fingerprint density at radius 1 is 1.08 bits per heavy atom. The van der Waals surface area contributed by atoms with Crippen LogP contribution in [-0.2, 0) is 6.67 Å². The van der Waals surface area contributed by atoms with Crippen LogP contribution in [0.3, 0.4) is 0 Å². The van der Waals surface area contributed by atoms with Gasteiger partial charge in [0.15, 0.2) is 0 Å². The summed E-state index contributed by atoms with van der Waals surface area (Å²) >= 11 is 0. The molecule has 2 rings (SSSR count). The molecule has 13 heavy (non-hydrogen) atoms. The Bertz CT molecular complexity index is 368. The van der Waals surface area contributed by atoms with Crippen LogP contribution in [0.25, 0.3) is 0 Å². The monoisotopic (exact) mass is 184 g/mol. The molecule has 0 aliphatic carbocycles. The Morgan fingerprint density at radius 3 is 1.85 bits per heavy atom. The van der Waals surface area contributed by atoms with Gasteiger partial charge in [0.05, 0.1) is 0 Å². The third kappa shape index (κ3) is 1.55. The lowest BCUT2D eigenvalue weighted by Gasteiger charge is -1.73. The summed E-state index contributed by atoms with van der Waals surface area (Å²) in [4.78, 5) is 0. The molecule has 68 valence electrons. The van der Waals surface area contributed by atoms with E-state index < -0.39 is 0 Å². The normalized spacial score (nSPS) is 10.5. The van der Waals surface area contributed by atoms with E-state index in [9.17, 15) is 0 Å². The summed E-state index contributed by atoms with van der Waals surface area (Å²) in [7, 11) is 0. The average Bonchev–Trinajstić information content (AvgIpc) is 2.62. The van der Waals surface area contributed by atoms with E-state index in [1.54, 1.807) is 0 Å². The number of nitrogen functional groups attached to an aromatic ring is 2. The molecule has 0 aromatic carbocycles. The predicted molar refractivity (Wildman–Crippen MR) is 37.6 cm³/mol. The molecule has 0 saturated carbocycles. The van der Waals surface area contributed by atoms with E-state index in [1.165, 1.54) is 21.8 Å². The Morgan fingerprint density at radius 2 is 1.54 bits per heavy atom. The average molecular weight is 184 g/mol. The van der Waals surface area contributed by atoms with Crippen LogP contribution < -0.4 is 20.8 Å². The first kappa shape index (κ1) is 7.53. The zero-order valence-corrected chi connectivity index (χ0v) is 6.62. The molecule has 0 aliphatic rings. The molecular weight excluding hydrogens is 176 g/mol. The van der Waals surface area contributed by atoms with Crippen LogP contribution in [0.2, 0.25) is 0 Å². The molecule has 0 bridgehead atoms. The van der Waals surface area contributed by atoms with Crippen LogP contribution in [0.4, 0.5) is 11.8 Å². The van der Waals surface area contributed by atoms with Crippen molar-refractivity contribution in [3.8, 4) is 0 Å². The lowest BCUT2D eigenvalue weighted by Crippen LogP contribution is -2.53. The number of nitrogens with zero attached hydrogens (tertiary/aromatic N) is 4. The molecule has 0 aliphatic heterocycles. The van der Waals surface area contributed by atoms with Crippen LogP contribution in [-0.4, -0.2) is 10.5 Å². The minimum Gasteiger partial charge on any atom is -0.362 e. The van der Waals surface area contributed by atoms with Gasteiger partial charge in [-0.1, -0.05) is 0 Å². The molecule has 0 radical (unpaired) electrons. The Labute approximate surface area is 72.3 Å². The summed E-state index contributed by atoms with van der Waals surface area (Å²) in [6, 6.07) is 0. The van der Waals surface area contributed by atoms with Crippen molar-refractivity contribution >= 4 is 11.8 Å². The van der Waals surface area contributed by atoms with E-state index in [4.69, 9.17) is 11.5 Å². The van der Waals surface area contributed by atoms with E-state index in [1.807, 2.05) is 0 Å². The van der Waals surface area contributed by atoms with Crippen LogP contribution in [0.5, 0.6) is 0 Å². The van der Waals surface area contributed by atoms with Crippen molar-refractivity contribution in [1.29, 1.82) is 0 Å². The standard InChI is InChI=1S/C5H8N6O2/c6-4-1-10(8-12-4)3-11-2-5(7)13-9-11/h1-2H,3,6-7H2/q+2. The zero-order chi connectivity index (χ0) is 9.26. The highest BCUT2D eigenvalue weighted by Gasteiger charge is 2.18. The maximum atomic E-state index is 5.31. The summed E-state index contributed by atoms with van der Waals surface area (Å²) < 4.78 is 12.2. The van der Waals surface area contributed by atoms with Gasteiger partial charge in [-0.3, -0.25) is 9.05 Å². The molecule has 0 fully saturated rings. The largest absolute Gasteiger partial charge is 0.397 e. The van der Waals surface area contributed by atoms with Crippen molar-refractivity contribution in [2.75, 3.05) is 11.5 Å². The molecular formula is C5H8N6O2+2. The summed E-state index contributed by atoms with van der Waals surface area (Å²) in [6.45, 7) is 0.335. The van der Waals surface area contributed by atoms with Crippen LogP contribution in [0.15, 0.2) is 21.4 Å². The maximum Gasteiger partial charge on any atom is 0.397 e. The number of aromatic nitrogens is 4. The Kier molecular flexibility index (Phi) is 1.58. The van der Waals surface area contributed by atoms with Crippen molar-refractivity contribution < 1.29 is 18.4 Å². The van der Waals surface area contributed by atoms with Gasteiger partial charge in [-0.2, -0.15) is 0 Å². The van der Waals surface area contributed by atoms with E-state index in [0.29, 0.717) is 6.67 Å². The van der Waals surface area contributed by atoms with Gasteiger partial charge in [0.1, 0.15) is 0 Å². The predicted octanol–water partition coefficient (Wildman–Crippen LogP) is -2.09. The fourth-order valence-corrected chi connectivity index (χ4v) is 0.869. The van der Waals surface area contributed by atoms with Crippen molar-refractivity contribution in [3.05, 3.63) is 12.4 Å². The molecule has 0 unspecified atom stereocenters. The Hall–Kier alpha value is -2.12. The van der Waals surface area contributed by atoms with Gasteiger partial charge in [0, 0.05) is 9.36 Å². The van der Waals surface area contributed by atoms with Crippen molar-refractivity contribution in [2.24, 2.45) is 0 Å². The summed E-state index contributed by atoms with van der Waals surface area (Å²) in [5.74, 6) is 0.467.